The van der Waals surface area contributed by atoms with Gasteiger partial charge in [0.05, 0.1) is 11.8 Å². The standard InChI is InChI=1S/C17H19N3O2/c1-10-8-13(4-5-18-10)19-6-7-20-16(21)14-11-2-3-12(9-11)15(14)17(20)22/h2-5,8,11-12,14-15H,6-7,9H2,1H3,(H,18,19). The summed E-state index contributed by atoms with van der Waals surface area (Å²) in [5.41, 5.74) is 1.91. The first-order valence-electron chi connectivity index (χ1n) is 7.85. The van der Waals surface area contributed by atoms with Crippen LogP contribution in [0.25, 0.3) is 0 Å². The van der Waals surface area contributed by atoms with Crippen molar-refractivity contribution in [3.63, 3.8) is 0 Å². The van der Waals surface area contributed by atoms with Crippen LogP contribution in [0, 0.1) is 30.6 Å². The maximum atomic E-state index is 12.5. The van der Waals surface area contributed by atoms with E-state index in [0.29, 0.717) is 13.1 Å². The van der Waals surface area contributed by atoms with Gasteiger partial charge in [-0.15, -0.1) is 0 Å². The first-order chi connectivity index (χ1) is 10.6. The van der Waals surface area contributed by atoms with Crippen LogP contribution < -0.4 is 5.32 Å². The van der Waals surface area contributed by atoms with E-state index in [2.05, 4.69) is 22.5 Å². The molecule has 3 aliphatic rings. The third kappa shape index (κ3) is 1.95. The molecule has 2 amide bonds. The van der Waals surface area contributed by atoms with Crippen LogP contribution in [0.3, 0.4) is 0 Å². The number of likely N-dealkylation sites (tertiary alicyclic amines) is 1. The second-order valence-electron chi connectivity index (χ2n) is 6.44. The highest BCUT2D eigenvalue weighted by Crippen LogP contribution is 2.52. The normalized spacial score (nSPS) is 32.0. The number of amides is 2. The number of allylic oxidation sites excluding steroid dienone is 2. The van der Waals surface area contributed by atoms with Crippen LogP contribution in [0.5, 0.6) is 0 Å². The summed E-state index contributed by atoms with van der Waals surface area (Å²) in [7, 11) is 0. The molecule has 0 aromatic carbocycles. The minimum absolute atomic E-state index is 0.0274. The molecule has 1 aromatic heterocycles. The third-order valence-corrected chi connectivity index (χ3v) is 5.12. The first kappa shape index (κ1) is 13.5. The molecule has 114 valence electrons. The van der Waals surface area contributed by atoms with Crippen LogP contribution in [0.2, 0.25) is 0 Å². The maximum Gasteiger partial charge on any atom is 0.233 e. The molecule has 1 aliphatic heterocycles. The van der Waals surface area contributed by atoms with Gasteiger partial charge in [0.1, 0.15) is 0 Å². The van der Waals surface area contributed by atoms with E-state index in [-0.39, 0.29) is 35.5 Å². The minimum Gasteiger partial charge on any atom is -0.383 e. The van der Waals surface area contributed by atoms with E-state index >= 15 is 0 Å². The van der Waals surface area contributed by atoms with E-state index in [4.69, 9.17) is 0 Å². The van der Waals surface area contributed by atoms with Gasteiger partial charge >= 0.3 is 0 Å². The SMILES string of the molecule is Cc1cc(NCCN2C(=O)C3C4C=CC(C4)C3C2=O)ccn1. The lowest BCUT2D eigenvalue weighted by Gasteiger charge is -2.17. The number of nitrogens with one attached hydrogen (secondary N) is 1. The summed E-state index contributed by atoms with van der Waals surface area (Å²) in [5, 5.41) is 3.26. The number of nitrogens with zero attached hydrogens (tertiary/aromatic N) is 2. The van der Waals surface area contributed by atoms with Crippen molar-refractivity contribution < 1.29 is 9.59 Å². The molecule has 1 N–H and O–H groups in total. The van der Waals surface area contributed by atoms with Gasteiger partial charge in [-0.2, -0.15) is 0 Å². The summed E-state index contributed by atoms with van der Waals surface area (Å²) < 4.78 is 0. The molecule has 4 atom stereocenters. The van der Waals surface area contributed by atoms with Crippen molar-refractivity contribution in [2.24, 2.45) is 23.7 Å². The van der Waals surface area contributed by atoms with Gasteiger partial charge < -0.3 is 5.32 Å². The van der Waals surface area contributed by atoms with Crippen molar-refractivity contribution in [2.75, 3.05) is 18.4 Å². The van der Waals surface area contributed by atoms with E-state index < -0.39 is 0 Å². The third-order valence-electron chi connectivity index (χ3n) is 5.12. The Morgan fingerprint density at radius 1 is 1.23 bits per heavy atom. The number of aromatic nitrogens is 1. The Morgan fingerprint density at radius 2 is 1.91 bits per heavy atom. The number of aryl methyl sites for hydroxylation is 1. The largest absolute Gasteiger partial charge is 0.383 e. The smallest absolute Gasteiger partial charge is 0.233 e. The zero-order chi connectivity index (χ0) is 15.3. The van der Waals surface area contributed by atoms with E-state index in [1.54, 1.807) is 6.20 Å². The van der Waals surface area contributed by atoms with Gasteiger partial charge in [-0.3, -0.25) is 19.5 Å². The predicted octanol–water partition coefficient (Wildman–Crippen LogP) is 1.61. The van der Waals surface area contributed by atoms with Gasteiger partial charge in [0.25, 0.3) is 0 Å². The fraction of sp³-hybridized carbons (Fsp3) is 0.471. The molecule has 0 spiro atoms. The second-order valence-corrected chi connectivity index (χ2v) is 6.44. The quantitative estimate of drug-likeness (QED) is 0.677. The number of rotatable bonds is 4. The molecule has 2 heterocycles. The fourth-order valence-electron chi connectivity index (χ4n) is 4.15. The van der Waals surface area contributed by atoms with Gasteiger partial charge in [0.15, 0.2) is 0 Å². The molecule has 22 heavy (non-hydrogen) atoms. The van der Waals surface area contributed by atoms with Crippen LogP contribution in [-0.2, 0) is 9.59 Å². The zero-order valence-corrected chi connectivity index (χ0v) is 12.5. The maximum absolute atomic E-state index is 12.5. The fourth-order valence-corrected chi connectivity index (χ4v) is 4.15. The highest BCUT2D eigenvalue weighted by molar-refractivity contribution is 6.06. The summed E-state index contributed by atoms with van der Waals surface area (Å²) in [6.45, 7) is 2.94. The molecule has 5 heteroatoms. The lowest BCUT2D eigenvalue weighted by atomic mass is 9.85. The van der Waals surface area contributed by atoms with Crippen LogP contribution >= 0.6 is 0 Å². The Balaban J connectivity index is 1.40. The van der Waals surface area contributed by atoms with Crippen LogP contribution in [-0.4, -0.2) is 34.8 Å². The minimum atomic E-state index is -0.0920. The molecule has 5 nitrogen and oxygen atoms in total. The van der Waals surface area contributed by atoms with E-state index in [1.165, 1.54) is 4.90 Å². The Bertz CT molecular complexity index is 640. The number of anilines is 1. The molecule has 4 rings (SSSR count). The number of fused-ring (bicyclic) bond motifs is 5. The topological polar surface area (TPSA) is 62.3 Å². The second kappa shape index (κ2) is 4.93. The average Bonchev–Trinajstić information content (AvgIpc) is 3.16. The molecule has 2 fully saturated rings. The number of hydrogen-bond donors (Lipinski definition) is 1. The Labute approximate surface area is 129 Å². The summed E-state index contributed by atoms with van der Waals surface area (Å²) in [5.74, 6) is 0.440. The van der Waals surface area contributed by atoms with Crippen molar-refractivity contribution in [3.8, 4) is 0 Å². The van der Waals surface area contributed by atoms with E-state index in [1.807, 2.05) is 19.1 Å². The summed E-state index contributed by atoms with van der Waals surface area (Å²) in [6, 6.07) is 3.84. The van der Waals surface area contributed by atoms with Crippen molar-refractivity contribution in [1.29, 1.82) is 0 Å². The van der Waals surface area contributed by atoms with Gasteiger partial charge in [-0.25, -0.2) is 0 Å². The number of carbonyl (C=O) groups is 2. The molecule has 2 bridgehead atoms. The van der Waals surface area contributed by atoms with Gasteiger partial charge in [0.2, 0.25) is 11.8 Å². The molecular formula is C17H19N3O2. The Kier molecular flexibility index (Phi) is 3.03. The van der Waals surface area contributed by atoms with E-state index in [9.17, 15) is 9.59 Å². The van der Waals surface area contributed by atoms with Crippen LogP contribution in [0.1, 0.15) is 12.1 Å². The van der Waals surface area contributed by atoms with Gasteiger partial charge in [-0.1, -0.05) is 12.2 Å². The monoisotopic (exact) mass is 297 g/mol. The lowest BCUT2D eigenvalue weighted by molar-refractivity contribution is -0.140. The van der Waals surface area contributed by atoms with Crippen molar-refractivity contribution >= 4 is 17.5 Å². The summed E-state index contributed by atoms with van der Waals surface area (Å²) >= 11 is 0. The van der Waals surface area contributed by atoms with Gasteiger partial charge in [0, 0.05) is 30.7 Å². The zero-order valence-electron chi connectivity index (χ0n) is 12.5. The summed E-state index contributed by atoms with van der Waals surface area (Å²) in [4.78, 5) is 30.6. The number of pyridine rings is 1. The molecule has 1 aromatic rings. The lowest BCUT2D eigenvalue weighted by Crippen LogP contribution is -2.36. The highest BCUT2D eigenvalue weighted by Gasteiger charge is 2.58. The molecule has 1 saturated carbocycles. The predicted molar refractivity (Wildman–Crippen MR) is 81.9 cm³/mol. The van der Waals surface area contributed by atoms with Crippen molar-refractivity contribution in [1.82, 2.24) is 9.88 Å². The number of imide groups is 1. The number of carbonyl (C=O) groups excluding carboxylic acids is 2. The molecule has 0 radical (unpaired) electrons. The molecule has 2 aliphatic carbocycles. The van der Waals surface area contributed by atoms with Crippen molar-refractivity contribution in [2.45, 2.75) is 13.3 Å². The Morgan fingerprint density at radius 3 is 2.55 bits per heavy atom. The Hall–Kier alpha value is -2.17. The molecule has 4 unspecified atom stereocenters. The average molecular weight is 297 g/mol. The van der Waals surface area contributed by atoms with Gasteiger partial charge in [-0.05, 0) is 37.3 Å². The number of hydrogen-bond acceptors (Lipinski definition) is 4. The van der Waals surface area contributed by atoms with Crippen LogP contribution in [0.4, 0.5) is 5.69 Å². The van der Waals surface area contributed by atoms with E-state index in [0.717, 1.165) is 17.8 Å². The molecule has 1 saturated heterocycles. The summed E-state index contributed by atoms with van der Waals surface area (Å²) in [6.07, 6.45) is 6.98. The highest BCUT2D eigenvalue weighted by atomic mass is 16.2. The molecular weight excluding hydrogens is 278 g/mol. The van der Waals surface area contributed by atoms with Crippen LogP contribution in [0.15, 0.2) is 30.5 Å². The first-order valence-corrected chi connectivity index (χ1v) is 7.85. The van der Waals surface area contributed by atoms with Crippen molar-refractivity contribution in [3.05, 3.63) is 36.2 Å².